The lowest BCUT2D eigenvalue weighted by atomic mass is 10.1. The number of hydrogen-bond acceptors (Lipinski definition) is 5. The summed E-state index contributed by atoms with van der Waals surface area (Å²) in [6.45, 7) is 2.08. The minimum atomic E-state index is -1.11. The predicted octanol–water partition coefficient (Wildman–Crippen LogP) is 1.73. The zero-order chi connectivity index (χ0) is 19.6. The smallest absolute Gasteiger partial charge is 0.341 e. The van der Waals surface area contributed by atoms with Crippen LogP contribution < -0.4 is 15.4 Å². The average Bonchev–Trinajstić information content (AvgIpc) is 2.67. The van der Waals surface area contributed by atoms with E-state index in [1.807, 2.05) is 6.92 Å². The normalized spacial score (nSPS) is 10.4. The van der Waals surface area contributed by atoms with E-state index >= 15 is 0 Å². The Kier molecular flexibility index (Phi) is 7.54. The molecule has 0 bridgehead atoms. The van der Waals surface area contributed by atoms with Crippen molar-refractivity contribution < 1.29 is 24.2 Å². The Morgan fingerprint density at radius 2 is 1.89 bits per heavy atom. The van der Waals surface area contributed by atoms with Crippen LogP contribution in [0.5, 0.6) is 5.75 Å². The van der Waals surface area contributed by atoms with Crippen molar-refractivity contribution in [2.45, 2.75) is 26.2 Å². The number of carbonyl (C=O) groups is 3. The Hall–Kier alpha value is -3.16. The highest BCUT2D eigenvalue weighted by molar-refractivity contribution is 5.97. The van der Waals surface area contributed by atoms with Gasteiger partial charge in [-0.05, 0) is 18.6 Å². The van der Waals surface area contributed by atoms with Crippen molar-refractivity contribution in [1.82, 2.24) is 15.6 Å². The van der Waals surface area contributed by atoms with E-state index in [0.717, 1.165) is 12.8 Å². The topological polar surface area (TPSA) is 118 Å². The van der Waals surface area contributed by atoms with Gasteiger partial charge in [-0.15, -0.1) is 0 Å². The monoisotopic (exact) mass is 373 g/mol. The molecule has 2 amide bonds. The van der Waals surface area contributed by atoms with Crippen molar-refractivity contribution in [1.29, 1.82) is 0 Å². The lowest BCUT2D eigenvalue weighted by Gasteiger charge is -2.11. The molecule has 0 spiro atoms. The number of benzene rings is 1. The summed E-state index contributed by atoms with van der Waals surface area (Å²) in [5.41, 5.74) is 0.643. The maximum absolute atomic E-state index is 12.3. The number of carboxylic acid groups (broad SMARTS) is 1. The van der Waals surface area contributed by atoms with Crippen LogP contribution in [0.3, 0.4) is 0 Å². The molecule has 0 radical (unpaired) electrons. The number of aliphatic carboxylic acids is 1. The summed E-state index contributed by atoms with van der Waals surface area (Å²) in [6.07, 6.45) is 2.25. The molecule has 0 saturated heterocycles. The van der Waals surface area contributed by atoms with Crippen LogP contribution in [0.4, 0.5) is 0 Å². The highest BCUT2D eigenvalue weighted by Crippen LogP contribution is 2.25. The molecule has 1 heterocycles. The highest BCUT2D eigenvalue weighted by Gasteiger charge is 2.13. The maximum Gasteiger partial charge on any atom is 0.341 e. The fourth-order valence-electron chi connectivity index (χ4n) is 2.41. The van der Waals surface area contributed by atoms with Gasteiger partial charge in [-0.3, -0.25) is 9.59 Å². The summed E-state index contributed by atoms with van der Waals surface area (Å²) in [6, 6.07) is 8.42. The molecule has 27 heavy (non-hydrogen) atoms. The molecule has 8 nitrogen and oxygen atoms in total. The van der Waals surface area contributed by atoms with E-state index in [9.17, 15) is 14.4 Å². The molecule has 0 fully saturated rings. The standard InChI is InChI=1S/C19H23N3O5/c1-2-3-8-17(23)20-9-10-21-19(26)15-11-16(27-12-18(24)25)13-6-4-5-7-14(13)22-15/h4-7,11H,2-3,8-10,12H2,1H3,(H,20,23)(H,21,26)(H,24,25). The molecule has 0 aliphatic rings. The number of rotatable bonds is 10. The zero-order valence-corrected chi connectivity index (χ0v) is 15.2. The number of ether oxygens (including phenoxy) is 1. The number of hydrogen-bond donors (Lipinski definition) is 3. The molecule has 3 N–H and O–H groups in total. The van der Waals surface area contributed by atoms with Crippen molar-refractivity contribution in [3.8, 4) is 5.75 Å². The molecule has 0 atom stereocenters. The number of aromatic nitrogens is 1. The van der Waals surface area contributed by atoms with Gasteiger partial charge in [0.25, 0.3) is 5.91 Å². The first-order valence-corrected chi connectivity index (χ1v) is 8.80. The molecule has 0 aliphatic carbocycles. The fraction of sp³-hybridized carbons (Fsp3) is 0.368. The Morgan fingerprint density at radius 3 is 2.63 bits per heavy atom. The van der Waals surface area contributed by atoms with E-state index in [-0.39, 0.29) is 23.9 Å². The van der Waals surface area contributed by atoms with Crippen LogP contribution in [0, 0.1) is 0 Å². The fourth-order valence-corrected chi connectivity index (χ4v) is 2.41. The van der Waals surface area contributed by atoms with E-state index in [0.29, 0.717) is 23.9 Å². The third-order valence-electron chi connectivity index (χ3n) is 3.75. The lowest BCUT2D eigenvalue weighted by Crippen LogP contribution is -2.34. The molecule has 0 aliphatic heterocycles. The van der Waals surface area contributed by atoms with Gasteiger partial charge in [0.2, 0.25) is 5.91 Å². The summed E-state index contributed by atoms with van der Waals surface area (Å²) < 4.78 is 5.29. The van der Waals surface area contributed by atoms with Gasteiger partial charge in [0.1, 0.15) is 11.4 Å². The van der Waals surface area contributed by atoms with Crippen LogP contribution in [0.2, 0.25) is 0 Å². The summed E-state index contributed by atoms with van der Waals surface area (Å²) in [5.74, 6) is -1.30. The number of nitrogens with one attached hydrogen (secondary N) is 2. The van der Waals surface area contributed by atoms with Crippen LogP contribution in [-0.4, -0.2) is 47.6 Å². The number of carboxylic acids is 1. The number of carbonyl (C=O) groups excluding carboxylic acids is 2. The average molecular weight is 373 g/mol. The van der Waals surface area contributed by atoms with Crippen molar-refractivity contribution in [2.24, 2.45) is 0 Å². The number of unbranched alkanes of at least 4 members (excludes halogenated alkanes) is 1. The minimum Gasteiger partial charge on any atom is -0.481 e. The van der Waals surface area contributed by atoms with E-state index < -0.39 is 18.5 Å². The molecular formula is C19H23N3O5. The summed E-state index contributed by atoms with van der Waals surface area (Å²) in [7, 11) is 0. The van der Waals surface area contributed by atoms with Crippen LogP contribution in [0.1, 0.15) is 36.7 Å². The Balaban J connectivity index is 2.01. The van der Waals surface area contributed by atoms with Gasteiger partial charge in [0.15, 0.2) is 6.61 Å². The molecule has 0 saturated carbocycles. The van der Waals surface area contributed by atoms with E-state index in [4.69, 9.17) is 9.84 Å². The lowest BCUT2D eigenvalue weighted by molar-refractivity contribution is -0.139. The van der Waals surface area contributed by atoms with Gasteiger partial charge in [0.05, 0.1) is 5.52 Å². The molecule has 0 unspecified atom stereocenters. The SMILES string of the molecule is CCCCC(=O)NCCNC(=O)c1cc(OCC(=O)O)c2ccccc2n1. The van der Waals surface area contributed by atoms with Crippen LogP contribution in [0.15, 0.2) is 30.3 Å². The minimum absolute atomic E-state index is 0.0423. The summed E-state index contributed by atoms with van der Waals surface area (Å²) >= 11 is 0. The molecule has 144 valence electrons. The van der Waals surface area contributed by atoms with Crippen molar-refractivity contribution in [2.75, 3.05) is 19.7 Å². The third-order valence-corrected chi connectivity index (χ3v) is 3.75. The Morgan fingerprint density at radius 1 is 1.15 bits per heavy atom. The van der Waals surface area contributed by atoms with E-state index in [1.54, 1.807) is 24.3 Å². The Labute approximate surface area is 156 Å². The van der Waals surface area contributed by atoms with Gasteiger partial charge in [-0.25, -0.2) is 9.78 Å². The highest BCUT2D eigenvalue weighted by atomic mass is 16.5. The maximum atomic E-state index is 12.3. The van der Waals surface area contributed by atoms with Gasteiger partial charge < -0.3 is 20.5 Å². The number of pyridine rings is 1. The van der Waals surface area contributed by atoms with Gasteiger partial charge in [-0.2, -0.15) is 0 Å². The van der Waals surface area contributed by atoms with Gasteiger partial charge in [-0.1, -0.05) is 25.5 Å². The van der Waals surface area contributed by atoms with Crippen LogP contribution in [0.25, 0.3) is 10.9 Å². The van der Waals surface area contributed by atoms with Crippen LogP contribution >= 0.6 is 0 Å². The second-order valence-electron chi connectivity index (χ2n) is 5.91. The number of nitrogens with zero attached hydrogens (tertiary/aromatic N) is 1. The zero-order valence-electron chi connectivity index (χ0n) is 15.2. The summed E-state index contributed by atoms with van der Waals surface area (Å²) in [5, 5.41) is 14.8. The first-order chi connectivity index (χ1) is 13.0. The molecule has 1 aromatic heterocycles. The second kappa shape index (κ2) is 10.1. The molecule has 2 aromatic rings. The van der Waals surface area contributed by atoms with E-state index in [1.165, 1.54) is 6.07 Å². The molecular weight excluding hydrogens is 350 g/mol. The molecule has 8 heteroatoms. The first-order valence-electron chi connectivity index (χ1n) is 8.80. The quantitative estimate of drug-likeness (QED) is 0.546. The van der Waals surface area contributed by atoms with Crippen molar-refractivity contribution >= 4 is 28.7 Å². The van der Waals surface area contributed by atoms with Crippen LogP contribution in [-0.2, 0) is 9.59 Å². The second-order valence-corrected chi connectivity index (χ2v) is 5.91. The van der Waals surface area contributed by atoms with E-state index in [2.05, 4.69) is 15.6 Å². The number of para-hydroxylation sites is 1. The molecule has 1 aromatic carbocycles. The third kappa shape index (κ3) is 6.25. The predicted molar refractivity (Wildman–Crippen MR) is 99.7 cm³/mol. The molecule has 2 rings (SSSR count). The summed E-state index contributed by atoms with van der Waals surface area (Å²) in [4.78, 5) is 38.9. The van der Waals surface area contributed by atoms with Gasteiger partial charge in [0, 0.05) is 31.0 Å². The largest absolute Gasteiger partial charge is 0.481 e. The first kappa shape index (κ1) is 20.2. The van der Waals surface area contributed by atoms with Crippen molar-refractivity contribution in [3.05, 3.63) is 36.0 Å². The van der Waals surface area contributed by atoms with Gasteiger partial charge >= 0.3 is 5.97 Å². The number of fused-ring (bicyclic) bond motifs is 1. The number of amides is 2. The Bertz CT molecular complexity index is 822. The van der Waals surface area contributed by atoms with Crippen molar-refractivity contribution in [3.63, 3.8) is 0 Å².